The monoisotopic (exact) mass is 390 g/mol. The van der Waals surface area contributed by atoms with E-state index in [4.69, 9.17) is 16.3 Å². The van der Waals surface area contributed by atoms with E-state index in [9.17, 15) is 4.79 Å². The molecule has 19 heavy (non-hydrogen) atoms. The molecule has 2 aromatic rings. The summed E-state index contributed by atoms with van der Waals surface area (Å²) in [6, 6.07) is 5.29. The number of halogens is 2. The van der Waals surface area contributed by atoms with Gasteiger partial charge in [0.05, 0.1) is 21.4 Å². The van der Waals surface area contributed by atoms with Crippen molar-refractivity contribution < 1.29 is 4.74 Å². The number of aromatic nitrogens is 2. The lowest BCUT2D eigenvalue weighted by Gasteiger charge is -2.07. The van der Waals surface area contributed by atoms with Gasteiger partial charge in [0.25, 0.3) is 5.56 Å². The molecule has 2 rings (SSSR count). The van der Waals surface area contributed by atoms with E-state index in [-0.39, 0.29) is 5.56 Å². The average Bonchev–Trinajstić information content (AvgIpc) is 2.41. The summed E-state index contributed by atoms with van der Waals surface area (Å²) in [5.74, 6) is 1.11. The summed E-state index contributed by atoms with van der Waals surface area (Å²) in [4.78, 5) is 19.1. The molecule has 4 nitrogen and oxygen atoms in total. The minimum atomic E-state index is -0.130. The molecule has 1 heterocycles. The number of H-pyrrole nitrogens is 1. The predicted octanol–water partition coefficient (Wildman–Crippen LogP) is 3.27. The first kappa shape index (κ1) is 14.3. The van der Waals surface area contributed by atoms with Gasteiger partial charge in [-0.2, -0.15) is 0 Å². The molecule has 0 atom stereocenters. The Morgan fingerprint density at radius 3 is 2.79 bits per heavy atom. The zero-order valence-corrected chi connectivity index (χ0v) is 13.4. The highest BCUT2D eigenvalue weighted by Gasteiger charge is 2.10. The molecule has 0 unspecified atom stereocenters. The normalized spacial score (nSPS) is 10.5. The number of nitrogens with zero attached hydrogens (tertiary/aromatic N) is 1. The summed E-state index contributed by atoms with van der Waals surface area (Å²) in [5.41, 5.74) is 1.41. The Hall–Kier alpha value is -1.08. The summed E-state index contributed by atoms with van der Waals surface area (Å²) < 4.78 is 5.73. The molecule has 0 saturated carbocycles. The van der Waals surface area contributed by atoms with Crippen LogP contribution in [0.5, 0.6) is 5.75 Å². The molecule has 0 fully saturated rings. The summed E-state index contributed by atoms with van der Waals surface area (Å²) in [6.45, 7) is 1.97. The predicted molar refractivity (Wildman–Crippen MR) is 84.0 cm³/mol. The first-order chi connectivity index (χ1) is 9.06. The number of nitrogens with one attached hydrogen (secondary N) is 1. The summed E-state index contributed by atoms with van der Waals surface area (Å²) in [7, 11) is 1.56. The maximum atomic E-state index is 11.8. The number of hydrogen-bond donors (Lipinski definition) is 1. The van der Waals surface area contributed by atoms with Crippen molar-refractivity contribution in [3.05, 3.63) is 42.8 Å². The maximum Gasteiger partial charge on any atom is 0.264 e. The molecule has 0 radical (unpaired) electrons. The highest BCUT2D eigenvalue weighted by Crippen LogP contribution is 2.28. The first-order valence-corrected chi connectivity index (χ1v) is 7.15. The van der Waals surface area contributed by atoms with Crippen LogP contribution in [0.25, 0.3) is 11.4 Å². The van der Waals surface area contributed by atoms with Gasteiger partial charge in [0.2, 0.25) is 0 Å². The van der Waals surface area contributed by atoms with Gasteiger partial charge in [-0.25, -0.2) is 4.98 Å². The van der Waals surface area contributed by atoms with Crippen molar-refractivity contribution in [3.8, 4) is 17.1 Å². The number of benzene rings is 1. The van der Waals surface area contributed by atoms with Crippen molar-refractivity contribution in [3.63, 3.8) is 0 Å². The van der Waals surface area contributed by atoms with Gasteiger partial charge in [0.1, 0.15) is 11.6 Å². The Bertz CT molecular complexity index is 670. The molecule has 0 bridgehead atoms. The summed E-state index contributed by atoms with van der Waals surface area (Å²) in [6.07, 6.45) is 0.707. The Kier molecular flexibility index (Phi) is 4.46. The van der Waals surface area contributed by atoms with Gasteiger partial charge in [-0.3, -0.25) is 4.79 Å². The van der Waals surface area contributed by atoms with Gasteiger partial charge in [0.15, 0.2) is 0 Å². The molecule has 1 aromatic heterocycles. The Morgan fingerprint density at radius 1 is 1.47 bits per heavy atom. The Labute approximate surface area is 129 Å². The third-order valence-corrected chi connectivity index (χ3v) is 4.10. The molecule has 1 aromatic carbocycles. The van der Waals surface area contributed by atoms with Crippen LogP contribution in [0.2, 0.25) is 5.02 Å². The zero-order chi connectivity index (χ0) is 14.0. The fraction of sp³-hybridized carbons (Fsp3) is 0.231. The smallest absolute Gasteiger partial charge is 0.264 e. The molecule has 0 spiro atoms. The maximum absolute atomic E-state index is 11.8. The highest BCUT2D eigenvalue weighted by molar-refractivity contribution is 14.1. The molecule has 0 aliphatic rings. The van der Waals surface area contributed by atoms with Gasteiger partial charge in [0, 0.05) is 5.56 Å². The SMILES string of the molecule is CCc1nc(-c2ccc(OC)c(Cl)c2)[nH]c(=O)c1I. The van der Waals surface area contributed by atoms with Crippen LogP contribution in [0.4, 0.5) is 0 Å². The van der Waals surface area contributed by atoms with Crippen LogP contribution in [0, 0.1) is 3.57 Å². The van der Waals surface area contributed by atoms with E-state index in [0.717, 1.165) is 11.3 Å². The van der Waals surface area contributed by atoms with E-state index in [1.54, 1.807) is 19.2 Å². The van der Waals surface area contributed by atoms with Gasteiger partial charge >= 0.3 is 0 Å². The average molecular weight is 391 g/mol. The van der Waals surface area contributed by atoms with Crippen LogP contribution >= 0.6 is 34.2 Å². The van der Waals surface area contributed by atoms with Crippen molar-refractivity contribution in [2.45, 2.75) is 13.3 Å². The summed E-state index contributed by atoms with van der Waals surface area (Å²) in [5, 5.41) is 0.485. The van der Waals surface area contributed by atoms with E-state index in [0.29, 0.717) is 26.6 Å². The molecule has 0 saturated heterocycles. The molecule has 0 aliphatic carbocycles. The van der Waals surface area contributed by atoms with Crippen LogP contribution in [0.15, 0.2) is 23.0 Å². The number of ether oxygens (including phenoxy) is 1. The van der Waals surface area contributed by atoms with E-state index >= 15 is 0 Å². The standard InChI is InChI=1S/C13H12ClIN2O2/c1-3-9-11(15)13(18)17-12(16-9)7-4-5-10(19-2)8(14)6-7/h4-6H,3H2,1-2H3,(H,16,17,18). The number of hydrogen-bond acceptors (Lipinski definition) is 3. The fourth-order valence-corrected chi connectivity index (χ4v) is 2.58. The van der Waals surface area contributed by atoms with Crippen LogP contribution in [-0.2, 0) is 6.42 Å². The summed E-state index contributed by atoms with van der Waals surface area (Å²) >= 11 is 8.08. The van der Waals surface area contributed by atoms with Gasteiger partial charge in [-0.15, -0.1) is 0 Å². The van der Waals surface area contributed by atoms with Gasteiger partial charge in [-0.1, -0.05) is 18.5 Å². The minimum Gasteiger partial charge on any atom is -0.495 e. The van der Waals surface area contributed by atoms with E-state index < -0.39 is 0 Å². The number of aryl methyl sites for hydroxylation is 1. The molecular formula is C13H12ClIN2O2. The van der Waals surface area contributed by atoms with Crippen LogP contribution in [0.3, 0.4) is 0 Å². The van der Waals surface area contributed by atoms with Crippen LogP contribution < -0.4 is 10.3 Å². The van der Waals surface area contributed by atoms with Crippen LogP contribution in [-0.4, -0.2) is 17.1 Å². The quantitative estimate of drug-likeness (QED) is 0.819. The lowest BCUT2D eigenvalue weighted by atomic mass is 10.2. The third-order valence-electron chi connectivity index (χ3n) is 2.69. The van der Waals surface area contributed by atoms with Crippen molar-refractivity contribution >= 4 is 34.2 Å². The molecule has 0 amide bonds. The molecule has 0 aliphatic heterocycles. The largest absolute Gasteiger partial charge is 0.495 e. The Morgan fingerprint density at radius 2 is 2.21 bits per heavy atom. The second-order valence-corrected chi connectivity index (χ2v) is 5.36. The van der Waals surface area contributed by atoms with E-state index in [2.05, 4.69) is 9.97 Å². The highest BCUT2D eigenvalue weighted by atomic mass is 127. The molecule has 1 N–H and O–H groups in total. The number of methoxy groups -OCH3 is 1. The van der Waals surface area contributed by atoms with Gasteiger partial charge in [-0.05, 0) is 47.2 Å². The lowest BCUT2D eigenvalue weighted by molar-refractivity contribution is 0.415. The van der Waals surface area contributed by atoms with Crippen molar-refractivity contribution in [2.75, 3.05) is 7.11 Å². The fourth-order valence-electron chi connectivity index (χ4n) is 1.69. The first-order valence-electron chi connectivity index (χ1n) is 5.69. The van der Waals surface area contributed by atoms with Crippen molar-refractivity contribution in [1.82, 2.24) is 9.97 Å². The van der Waals surface area contributed by atoms with Crippen molar-refractivity contribution in [1.29, 1.82) is 0 Å². The number of aromatic amines is 1. The second kappa shape index (κ2) is 5.92. The third kappa shape index (κ3) is 2.92. The van der Waals surface area contributed by atoms with E-state index in [1.165, 1.54) is 0 Å². The van der Waals surface area contributed by atoms with Gasteiger partial charge < -0.3 is 9.72 Å². The number of rotatable bonds is 3. The van der Waals surface area contributed by atoms with Crippen molar-refractivity contribution in [2.24, 2.45) is 0 Å². The molecular weight excluding hydrogens is 379 g/mol. The minimum absolute atomic E-state index is 0.130. The van der Waals surface area contributed by atoms with Crippen LogP contribution in [0.1, 0.15) is 12.6 Å². The second-order valence-electron chi connectivity index (χ2n) is 3.88. The van der Waals surface area contributed by atoms with E-state index in [1.807, 2.05) is 35.6 Å². The molecule has 6 heteroatoms. The zero-order valence-electron chi connectivity index (χ0n) is 10.5. The Balaban J connectivity index is 2.56. The molecule has 100 valence electrons. The lowest BCUT2D eigenvalue weighted by Crippen LogP contribution is -2.15. The topological polar surface area (TPSA) is 55.0 Å².